The highest BCUT2D eigenvalue weighted by molar-refractivity contribution is 7.14. The van der Waals surface area contributed by atoms with Crippen molar-refractivity contribution in [2.45, 2.75) is 6.92 Å². The second-order valence-corrected chi connectivity index (χ2v) is 5.65. The molecule has 7 nitrogen and oxygen atoms in total. The molecule has 0 bridgehead atoms. The van der Waals surface area contributed by atoms with Crippen molar-refractivity contribution in [3.63, 3.8) is 0 Å². The minimum atomic E-state index is -0.771. The lowest BCUT2D eigenvalue weighted by Gasteiger charge is -2.03. The first kappa shape index (κ1) is 14.9. The van der Waals surface area contributed by atoms with Gasteiger partial charge in [0, 0.05) is 18.0 Å². The Morgan fingerprint density at radius 2 is 2.14 bits per heavy atom. The number of nitro groups is 1. The Morgan fingerprint density at radius 1 is 1.43 bits per heavy atom. The van der Waals surface area contributed by atoms with Crippen molar-refractivity contribution >= 4 is 28.8 Å². The molecular weight excluding hydrogens is 296 g/mol. The Balaban J connectivity index is 2.02. The highest BCUT2D eigenvalue weighted by atomic mass is 32.1. The lowest BCUT2D eigenvalue weighted by atomic mass is 10.3. The van der Waals surface area contributed by atoms with E-state index in [0.717, 1.165) is 10.9 Å². The van der Waals surface area contributed by atoms with E-state index in [1.165, 1.54) is 29.1 Å². The summed E-state index contributed by atoms with van der Waals surface area (Å²) in [6.45, 7) is 1.48. The maximum atomic E-state index is 11.8. The van der Waals surface area contributed by atoms with Crippen molar-refractivity contribution in [1.29, 1.82) is 0 Å². The number of aryl methyl sites for hydroxylation is 2. The lowest BCUT2D eigenvalue weighted by Crippen LogP contribution is -2.15. The van der Waals surface area contributed by atoms with Gasteiger partial charge in [-0.1, -0.05) is 0 Å². The molecule has 0 N–H and O–H groups in total. The highest BCUT2D eigenvalue weighted by Crippen LogP contribution is 2.18. The second kappa shape index (κ2) is 5.88. The molecule has 0 atom stereocenters. The van der Waals surface area contributed by atoms with E-state index in [-0.39, 0.29) is 17.2 Å². The van der Waals surface area contributed by atoms with Crippen LogP contribution in [0.5, 0.6) is 0 Å². The van der Waals surface area contributed by atoms with E-state index in [9.17, 15) is 19.7 Å². The Morgan fingerprint density at radius 3 is 2.67 bits per heavy atom. The Bertz CT molecular complexity index is 716. The van der Waals surface area contributed by atoms with Gasteiger partial charge < -0.3 is 9.30 Å². The third-order valence-electron chi connectivity index (χ3n) is 2.76. The van der Waals surface area contributed by atoms with E-state index in [1.807, 2.05) is 6.92 Å². The number of aromatic nitrogens is 1. The topological polar surface area (TPSA) is 91.4 Å². The highest BCUT2D eigenvalue weighted by Gasteiger charge is 2.20. The number of esters is 1. The first-order valence-corrected chi connectivity index (χ1v) is 6.77. The monoisotopic (exact) mass is 308 g/mol. The standard InChI is InChI=1S/C13H12N2O5S/c1-8-3-4-12(21-8)11(16)7-20-13(17)10-5-9(15(18)19)6-14(10)2/h3-6H,7H2,1-2H3. The third kappa shape index (κ3) is 3.34. The molecule has 0 amide bonds. The molecule has 0 unspecified atom stereocenters. The van der Waals surface area contributed by atoms with Crippen LogP contribution in [0.2, 0.25) is 0 Å². The molecule has 0 fully saturated rings. The van der Waals surface area contributed by atoms with Crippen molar-refractivity contribution in [3.05, 3.63) is 50.0 Å². The molecule has 2 heterocycles. The van der Waals surface area contributed by atoms with Gasteiger partial charge in [0.1, 0.15) is 5.69 Å². The average Bonchev–Trinajstić information content (AvgIpc) is 3.02. The Kier molecular flexibility index (Phi) is 4.18. The smallest absolute Gasteiger partial charge is 0.355 e. The summed E-state index contributed by atoms with van der Waals surface area (Å²) < 4.78 is 6.19. The van der Waals surface area contributed by atoms with Gasteiger partial charge in [-0.3, -0.25) is 14.9 Å². The summed E-state index contributed by atoms with van der Waals surface area (Å²) in [6, 6.07) is 4.59. The molecule has 0 aromatic carbocycles. The third-order valence-corrected chi connectivity index (χ3v) is 3.80. The normalized spacial score (nSPS) is 10.4. The number of rotatable bonds is 5. The predicted molar refractivity (Wildman–Crippen MR) is 75.7 cm³/mol. The number of carbonyl (C=O) groups excluding carboxylic acids is 2. The van der Waals surface area contributed by atoms with Crippen LogP contribution in [0.15, 0.2) is 24.4 Å². The molecule has 2 rings (SSSR count). The molecule has 0 spiro atoms. The minimum absolute atomic E-state index is 0.0249. The largest absolute Gasteiger partial charge is 0.453 e. The fraction of sp³-hybridized carbons (Fsp3) is 0.231. The van der Waals surface area contributed by atoms with E-state index in [0.29, 0.717) is 4.88 Å². The van der Waals surface area contributed by atoms with E-state index in [1.54, 1.807) is 12.1 Å². The van der Waals surface area contributed by atoms with E-state index in [2.05, 4.69) is 0 Å². The van der Waals surface area contributed by atoms with Crippen molar-refractivity contribution in [1.82, 2.24) is 4.57 Å². The van der Waals surface area contributed by atoms with Gasteiger partial charge in [-0.15, -0.1) is 11.3 Å². The molecule has 0 aliphatic rings. The molecule has 0 saturated heterocycles. The fourth-order valence-electron chi connectivity index (χ4n) is 1.71. The van der Waals surface area contributed by atoms with Crippen molar-refractivity contribution in [2.24, 2.45) is 7.05 Å². The van der Waals surface area contributed by atoms with Crippen LogP contribution in [0.1, 0.15) is 25.0 Å². The van der Waals surface area contributed by atoms with Gasteiger partial charge in [0.2, 0.25) is 5.78 Å². The zero-order chi connectivity index (χ0) is 15.6. The average molecular weight is 308 g/mol. The molecule has 8 heteroatoms. The summed E-state index contributed by atoms with van der Waals surface area (Å²) in [7, 11) is 1.49. The zero-order valence-corrected chi connectivity index (χ0v) is 12.2. The summed E-state index contributed by atoms with van der Waals surface area (Å²) in [4.78, 5) is 35.2. The Hall–Kier alpha value is -2.48. The van der Waals surface area contributed by atoms with E-state index < -0.39 is 17.5 Å². The second-order valence-electron chi connectivity index (χ2n) is 4.36. The molecule has 0 aliphatic carbocycles. The number of ketones is 1. The number of hydrogen-bond donors (Lipinski definition) is 0. The summed E-state index contributed by atoms with van der Waals surface area (Å²) in [5, 5.41) is 10.6. The zero-order valence-electron chi connectivity index (χ0n) is 11.4. The van der Waals surface area contributed by atoms with Gasteiger partial charge in [0.15, 0.2) is 6.61 Å². The van der Waals surface area contributed by atoms with Gasteiger partial charge in [-0.25, -0.2) is 4.79 Å². The van der Waals surface area contributed by atoms with Crippen molar-refractivity contribution < 1.29 is 19.2 Å². The summed E-state index contributed by atoms with van der Waals surface area (Å²) in [5.74, 6) is -1.07. The first-order chi connectivity index (χ1) is 9.88. The fourth-order valence-corrected chi connectivity index (χ4v) is 2.50. The Labute approximate surface area is 123 Å². The number of thiophene rings is 1. The summed E-state index contributed by atoms with van der Waals surface area (Å²) >= 11 is 1.32. The predicted octanol–water partition coefficient (Wildman–Crippen LogP) is 2.34. The van der Waals surface area contributed by atoms with Crippen LogP contribution in [-0.2, 0) is 11.8 Å². The van der Waals surface area contributed by atoms with Crippen LogP contribution in [-0.4, -0.2) is 27.8 Å². The molecule has 0 aliphatic heterocycles. The van der Waals surface area contributed by atoms with Crippen LogP contribution < -0.4 is 0 Å². The van der Waals surface area contributed by atoms with Crippen LogP contribution in [0.25, 0.3) is 0 Å². The van der Waals surface area contributed by atoms with E-state index >= 15 is 0 Å². The van der Waals surface area contributed by atoms with Gasteiger partial charge in [0.25, 0.3) is 5.69 Å². The van der Waals surface area contributed by atoms with Gasteiger partial charge in [0.05, 0.1) is 16.0 Å². The van der Waals surface area contributed by atoms with Crippen molar-refractivity contribution in [2.75, 3.05) is 6.61 Å². The van der Waals surface area contributed by atoms with Crippen LogP contribution in [0.3, 0.4) is 0 Å². The molecule has 0 saturated carbocycles. The molecule has 2 aromatic rings. The molecule has 21 heavy (non-hydrogen) atoms. The quantitative estimate of drug-likeness (QED) is 0.366. The van der Waals surface area contributed by atoms with E-state index in [4.69, 9.17) is 4.74 Å². The van der Waals surface area contributed by atoms with Gasteiger partial charge in [-0.2, -0.15) is 0 Å². The molecule has 0 radical (unpaired) electrons. The maximum absolute atomic E-state index is 11.8. The molecule has 110 valence electrons. The molecule has 2 aromatic heterocycles. The van der Waals surface area contributed by atoms with Crippen LogP contribution >= 0.6 is 11.3 Å². The summed E-state index contributed by atoms with van der Waals surface area (Å²) in [5.41, 5.74) is -0.179. The summed E-state index contributed by atoms with van der Waals surface area (Å²) in [6.07, 6.45) is 1.21. The lowest BCUT2D eigenvalue weighted by molar-refractivity contribution is -0.384. The molecular formula is C13H12N2O5S. The SMILES string of the molecule is Cc1ccc(C(=O)COC(=O)c2cc([N+](=O)[O-])cn2C)s1. The van der Waals surface area contributed by atoms with Crippen LogP contribution in [0.4, 0.5) is 5.69 Å². The van der Waals surface area contributed by atoms with Gasteiger partial charge >= 0.3 is 5.97 Å². The van der Waals surface area contributed by atoms with Gasteiger partial charge in [-0.05, 0) is 19.1 Å². The number of ether oxygens (including phenoxy) is 1. The maximum Gasteiger partial charge on any atom is 0.355 e. The number of Topliss-reactive ketones (excluding diaryl/α,β-unsaturated/α-hetero) is 1. The van der Waals surface area contributed by atoms with Crippen LogP contribution in [0, 0.1) is 17.0 Å². The number of nitrogens with zero attached hydrogens (tertiary/aromatic N) is 2. The first-order valence-electron chi connectivity index (χ1n) is 5.96. The number of carbonyl (C=O) groups is 2. The van der Waals surface area contributed by atoms with Crippen molar-refractivity contribution in [3.8, 4) is 0 Å². The number of hydrogen-bond acceptors (Lipinski definition) is 6. The minimum Gasteiger partial charge on any atom is -0.453 e.